The van der Waals surface area contributed by atoms with Gasteiger partial charge in [0.15, 0.2) is 16.1 Å². The maximum Gasteiger partial charge on any atom is 0.412 e. The van der Waals surface area contributed by atoms with Gasteiger partial charge in [-0.05, 0) is 13.8 Å². The highest BCUT2D eigenvalue weighted by atomic mass is 35.5. The maximum atomic E-state index is 11.6. The van der Waals surface area contributed by atoms with E-state index in [2.05, 4.69) is 15.3 Å². The van der Waals surface area contributed by atoms with Crippen LogP contribution in [-0.2, 0) is 4.74 Å². The van der Waals surface area contributed by atoms with Gasteiger partial charge in [-0.2, -0.15) is 0 Å². The molecule has 7 heteroatoms. The summed E-state index contributed by atoms with van der Waals surface area (Å²) < 4.78 is 4.96. The third-order valence-corrected chi connectivity index (χ3v) is 2.97. The molecule has 0 bridgehead atoms. The minimum absolute atomic E-state index is 0.0505. The fraction of sp³-hybridized carbons (Fsp3) is 0.214. The monoisotopic (exact) mass is 325 g/mol. The summed E-state index contributed by atoms with van der Waals surface area (Å²) in [5.74, 6) is 0.383. The lowest BCUT2D eigenvalue weighted by atomic mass is 10.2. The van der Waals surface area contributed by atoms with Gasteiger partial charge in [0.2, 0.25) is 0 Å². The van der Waals surface area contributed by atoms with Crippen LogP contribution in [0.2, 0.25) is 10.3 Å². The molecule has 0 aliphatic rings. The zero-order valence-corrected chi connectivity index (χ0v) is 12.9. The first-order valence-corrected chi connectivity index (χ1v) is 6.99. The van der Waals surface area contributed by atoms with E-state index in [4.69, 9.17) is 27.9 Å². The largest absolute Gasteiger partial charge is 0.447 e. The molecular formula is C14H13Cl2N3O2. The Hall–Kier alpha value is -1.85. The van der Waals surface area contributed by atoms with Crippen molar-refractivity contribution < 1.29 is 9.53 Å². The number of nitrogens with one attached hydrogen (secondary N) is 1. The second-order valence-electron chi connectivity index (χ2n) is 4.45. The standard InChI is InChI=1S/C14H13Cl2N3O2/c1-8(2)21-14(20)17-10-11(15)18-13(19-12(10)16)9-6-4-3-5-7-9/h3-8H,1-2H3,(H,17,20). The number of amides is 1. The lowest BCUT2D eigenvalue weighted by Gasteiger charge is -2.12. The van der Waals surface area contributed by atoms with Crippen LogP contribution in [0, 0.1) is 0 Å². The van der Waals surface area contributed by atoms with Crippen LogP contribution in [0.1, 0.15) is 13.8 Å². The average molecular weight is 326 g/mol. The van der Waals surface area contributed by atoms with Crippen molar-refractivity contribution in [2.45, 2.75) is 20.0 Å². The minimum atomic E-state index is -0.662. The van der Waals surface area contributed by atoms with Crippen LogP contribution >= 0.6 is 23.2 Å². The fourth-order valence-electron chi connectivity index (χ4n) is 1.57. The number of ether oxygens (including phenoxy) is 1. The number of carbonyl (C=O) groups is 1. The summed E-state index contributed by atoms with van der Waals surface area (Å²) in [5, 5.41) is 2.54. The Balaban J connectivity index is 2.28. The molecule has 0 unspecified atom stereocenters. The van der Waals surface area contributed by atoms with Gasteiger partial charge in [-0.15, -0.1) is 0 Å². The molecule has 0 aliphatic carbocycles. The zero-order chi connectivity index (χ0) is 15.4. The summed E-state index contributed by atoms with van der Waals surface area (Å²) >= 11 is 12.1. The Bertz CT molecular complexity index is 625. The molecule has 0 fully saturated rings. The second kappa shape index (κ2) is 6.74. The first-order chi connectivity index (χ1) is 9.97. The topological polar surface area (TPSA) is 64.1 Å². The number of halogens is 2. The van der Waals surface area contributed by atoms with Crippen LogP contribution in [-0.4, -0.2) is 22.2 Å². The third-order valence-electron chi connectivity index (χ3n) is 2.42. The van der Waals surface area contributed by atoms with Gasteiger partial charge in [0.05, 0.1) is 6.10 Å². The molecule has 1 N–H and O–H groups in total. The highest BCUT2D eigenvalue weighted by molar-refractivity contribution is 6.38. The average Bonchev–Trinajstić information content (AvgIpc) is 2.43. The second-order valence-corrected chi connectivity index (χ2v) is 5.16. The molecule has 110 valence electrons. The van der Waals surface area contributed by atoms with Crippen molar-refractivity contribution in [3.05, 3.63) is 40.6 Å². The molecule has 1 amide bonds. The summed E-state index contributed by atoms with van der Waals surface area (Å²) in [7, 11) is 0. The molecule has 0 aliphatic heterocycles. The Kier molecular flexibility index (Phi) is 4.98. The maximum absolute atomic E-state index is 11.6. The molecule has 5 nitrogen and oxygen atoms in total. The molecule has 1 heterocycles. The molecule has 2 rings (SSSR count). The first-order valence-electron chi connectivity index (χ1n) is 6.23. The molecule has 0 saturated carbocycles. The number of hydrogen-bond acceptors (Lipinski definition) is 4. The fourth-order valence-corrected chi connectivity index (χ4v) is 2.05. The van der Waals surface area contributed by atoms with Crippen LogP contribution < -0.4 is 5.32 Å². The third kappa shape index (κ3) is 4.06. The highest BCUT2D eigenvalue weighted by Crippen LogP contribution is 2.30. The first kappa shape index (κ1) is 15.5. The Morgan fingerprint density at radius 3 is 2.24 bits per heavy atom. The molecule has 21 heavy (non-hydrogen) atoms. The number of hydrogen-bond donors (Lipinski definition) is 1. The van der Waals surface area contributed by atoms with Crippen LogP contribution in [0.4, 0.5) is 10.5 Å². The molecule has 2 aromatic rings. The molecule has 0 radical (unpaired) electrons. The quantitative estimate of drug-likeness (QED) is 0.849. The lowest BCUT2D eigenvalue weighted by molar-refractivity contribution is 0.130. The van der Waals surface area contributed by atoms with Gasteiger partial charge in [0, 0.05) is 5.56 Å². The minimum Gasteiger partial charge on any atom is -0.447 e. The number of nitrogens with zero attached hydrogens (tertiary/aromatic N) is 2. The highest BCUT2D eigenvalue weighted by Gasteiger charge is 2.16. The lowest BCUT2D eigenvalue weighted by Crippen LogP contribution is -2.19. The van der Waals surface area contributed by atoms with Gasteiger partial charge in [-0.3, -0.25) is 5.32 Å². The van der Waals surface area contributed by atoms with E-state index < -0.39 is 6.09 Å². The number of benzene rings is 1. The van der Waals surface area contributed by atoms with Crippen molar-refractivity contribution in [3.8, 4) is 11.4 Å². The molecule has 0 spiro atoms. The van der Waals surface area contributed by atoms with E-state index in [-0.39, 0.29) is 22.1 Å². The van der Waals surface area contributed by atoms with Gasteiger partial charge in [-0.25, -0.2) is 14.8 Å². The SMILES string of the molecule is CC(C)OC(=O)Nc1c(Cl)nc(-c2ccccc2)nc1Cl. The van der Waals surface area contributed by atoms with E-state index in [1.807, 2.05) is 30.3 Å². The van der Waals surface area contributed by atoms with Gasteiger partial charge < -0.3 is 4.74 Å². The van der Waals surface area contributed by atoms with Crippen molar-refractivity contribution >= 4 is 35.0 Å². The van der Waals surface area contributed by atoms with Gasteiger partial charge in [0.1, 0.15) is 5.69 Å². The van der Waals surface area contributed by atoms with Gasteiger partial charge in [0.25, 0.3) is 0 Å². The summed E-state index contributed by atoms with van der Waals surface area (Å²) in [4.78, 5) is 19.8. The van der Waals surface area contributed by atoms with E-state index in [0.29, 0.717) is 5.82 Å². The number of anilines is 1. The number of aromatic nitrogens is 2. The van der Waals surface area contributed by atoms with Crippen molar-refractivity contribution in [1.29, 1.82) is 0 Å². The summed E-state index contributed by atoms with van der Waals surface area (Å²) in [5.41, 5.74) is 0.904. The van der Waals surface area contributed by atoms with Crippen molar-refractivity contribution in [1.82, 2.24) is 9.97 Å². The van der Waals surface area contributed by atoms with Gasteiger partial charge >= 0.3 is 6.09 Å². The zero-order valence-electron chi connectivity index (χ0n) is 11.4. The van der Waals surface area contributed by atoms with Crippen molar-refractivity contribution in [2.75, 3.05) is 5.32 Å². The van der Waals surface area contributed by atoms with Crippen molar-refractivity contribution in [2.24, 2.45) is 0 Å². The van der Waals surface area contributed by atoms with E-state index in [0.717, 1.165) is 5.56 Å². The van der Waals surface area contributed by atoms with Crippen LogP contribution in [0.5, 0.6) is 0 Å². The molecule has 1 aromatic carbocycles. The van der Waals surface area contributed by atoms with Gasteiger partial charge in [-0.1, -0.05) is 53.5 Å². The summed E-state index contributed by atoms with van der Waals surface area (Å²) in [6.07, 6.45) is -0.920. The molecule has 1 aromatic heterocycles. The Labute approximate surface area is 132 Å². The van der Waals surface area contributed by atoms with Crippen LogP contribution in [0.25, 0.3) is 11.4 Å². The smallest absolute Gasteiger partial charge is 0.412 e. The van der Waals surface area contributed by atoms with E-state index in [1.54, 1.807) is 13.8 Å². The Morgan fingerprint density at radius 1 is 1.14 bits per heavy atom. The normalized spacial score (nSPS) is 10.5. The summed E-state index contributed by atoms with van der Waals surface area (Å²) in [6, 6.07) is 9.26. The van der Waals surface area contributed by atoms with E-state index >= 15 is 0 Å². The predicted octanol–water partition coefficient (Wildman–Crippen LogP) is 4.41. The summed E-state index contributed by atoms with van der Waals surface area (Å²) in [6.45, 7) is 3.47. The number of rotatable bonds is 3. The molecule has 0 atom stereocenters. The van der Waals surface area contributed by atoms with E-state index in [1.165, 1.54) is 0 Å². The molecule has 0 saturated heterocycles. The molecular weight excluding hydrogens is 313 g/mol. The van der Waals surface area contributed by atoms with Crippen LogP contribution in [0.15, 0.2) is 30.3 Å². The Morgan fingerprint density at radius 2 is 1.71 bits per heavy atom. The number of carbonyl (C=O) groups excluding carboxylic acids is 1. The van der Waals surface area contributed by atoms with Crippen LogP contribution in [0.3, 0.4) is 0 Å². The predicted molar refractivity (Wildman–Crippen MR) is 82.7 cm³/mol. The van der Waals surface area contributed by atoms with E-state index in [9.17, 15) is 4.79 Å². The van der Waals surface area contributed by atoms with Crippen molar-refractivity contribution in [3.63, 3.8) is 0 Å².